The van der Waals surface area contributed by atoms with E-state index in [9.17, 15) is 8.42 Å². The fourth-order valence-electron chi connectivity index (χ4n) is 2.08. The predicted molar refractivity (Wildman–Crippen MR) is 86.9 cm³/mol. The number of nitrogens with zero attached hydrogens (tertiary/aromatic N) is 3. The molecule has 0 aliphatic rings. The largest absolute Gasteiger partial charge is 0.264 e. The molecule has 2 aromatic carbocycles. The maximum absolute atomic E-state index is 11.6. The number of rotatable bonds is 3. The Morgan fingerprint density at radius 1 is 0.909 bits per heavy atom. The van der Waals surface area contributed by atoms with Gasteiger partial charge in [0.2, 0.25) is 0 Å². The molecule has 0 bridgehead atoms. The van der Waals surface area contributed by atoms with Crippen molar-refractivity contribution in [2.24, 2.45) is 4.52 Å². The van der Waals surface area contributed by atoms with E-state index in [4.69, 9.17) is 5.53 Å². The van der Waals surface area contributed by atoms with Crippen molar-refractivity contribution in [2.75, 3.05) is 0 Å². The van der Waals surface area contributed by atoms with Crippen molar-refractivity contribution in [3.63, 3.8) is 0 Å². The Kier molecular flexibility index (Phi) is 4.26. The Balaban J connectivity index is 2.34. The highest BCUT2D eigenvalue weighted by Gasteiger charge is 2.14. The van der Waals surface area contributed by atoms with E-state index in [1.165, 1.54) is 17.7 Å². The van der Waals surface area contributed by atoms with Gasteiger partial charge in [0.1, 0.15) is 0 Å². The van der Waals surface area contributed by atoms with Gasteiger partial charge in [0, 0.05) is 9.43 Å². The van der Waals surface area contributed by atoms with Crippen molar-refractivity contribution in [1.82, 2.24) is 0 Å². The topological polar surface area (TPSA) is 82.9 Å². The van der Waals surface area contributed by atoms with Crippen LogP contribution in [0.2, 0.25) is 0 Å². The molecule has 0 N–H and O–H groups in total. The molecular formula is C16H17N3O2S. The van der Waals surface area contributed by atoms with Crippen molar-refractivity contribution in [3.05, 3.63) is 64.5 Å². The first-order valence-corrected chi connectivity index (χ1v) is 8.20. The minimum atomic E-state index is -3.93. The normalized spacial score (nSPS) is 11.8. The van der Waals surface area contributed by atoms with E-state index in [0.29, 0.717) is 0 Å². The monoisotopic (exact) mass is 315 g/mol. The Morgan fingerprint density at radius 3 is 1.77 bits per heavy atom. The van der Waals surface area contributed by atoms with Crippen LogP contribution in [0.1, 0.15) is 26.3 Å². The molecule has 0 fully saturated rings. The van der Waals surface area contributed by atoms with Crippen LogP contribution < -0.4 is 0 Å². The maximum Gasteiger partial charge on any atom is 0.264 e. The summed E-state index contributed by atoms with van der Waals surface area (Å²) in [5.41, 5.74) is 11.5. The van der Waals surface area contributed by atoms with Gasteiger partial charge in [0.25, 0.3) is 10.0 Å². The van der Waals surface area contributed by atoms with Crippen LogP contribution in [0.15, 0.2) is 57.9 Å². The quantitative estimate of drug-likeness (QED) is 0.469. The summed E-state index contributed by atoms with van der Waals surface area (Å²) in [6.45, 7) is 6.45. The van der Waals surface area contributed by atoms with Crippen LogP contribution in [0.25, 0.3) is 21.6 Å². The average molecular weight is 315 g/mol. The number of azide groups is 1. The van der Waals surface area contributed by atoms with Crippen LogP contribution in [0.5, 0.6) is 0 Å². The molecule has 0 aromatic heterocycles. The van der Waals surface area contributed by atoms with E-state index < -0.39 is 10.0 Å². The summed E-state index contributed by atoms with van der Waals surface area (Å²) >= 11 is 0. The van der Waals surface area contributed by atoms with Gasteiger partial charge in [-0.25, -0.2) is 8.42 Å². The molecule has 0 saturated carbocycles. The van der Waals surface area contributed by atoms with Crippen LogP contribution in [-0.4, -0.2) is 8.42 Å². The van der Waals surface area contributed by atoms with Gasteiger partial charge in [-0.2, -0.15) is 0 Å². The zero-order valence-electron chi connectivity index (χ0n) is 12.7. The second-order valence-corrected chi connectivity index (χ2v) is 7.58. The van der Waals surface area contributed by atoms with Gasteiger partial charge in [-0.15, -0.1) is 0 Å². The lowest BCUT2D eigenvalue weighted by Crippen LogP contribution is -2.10. The van der Waals surface area contributed by atoms with Crippen LogP contribution >= 0.6 is 0 Å². The number of hydrogen-bond donors (Lipinski definition) is 0. The summed E-state index contributed by atoms with van der Waals surface area (Å²) in [4.78, 5) is 2.32. The molecule has 0 radical (unpaired) electrons. The number of sulfonamides is 1. The van der Waals surface area contributed by atoms with Gasteiger partial charge in [0.05, 0.1) is 4.90 Å². The van der Waals surface area contributed by atoms with Gasteiger partial charge in [-0.05, 0) is 39.8 Å². The van der Waals surface area contributed by atoms with Crippen molar-refractivity contribution < 1.29 is 8.42 Å². The lowest BCUT2D eigenvalue weighted by molar-refractivity contribution is 0.590. The maximum atomic E-state index is 11.6. The van der Waals surface area contributed by atoms with Crippen molar-refractivity contribution >= 4 is 10.0 Å². The van der Waals surface area contributed by atoms with Crippen molar-refractivity contribution in [3.8, 4) is 11.1 Å². The molecule has 5 nitrogen and oxygen atoms in total. The number of hydrogen-bond acceptors (Lipinski definition) is 2. The van der Waals surface area contributed by atoms with Crippen molar-refractivity contribution in [1.29, 1.82) is 0 Å². The van der Waals surface area contributed by atoms with E-state index in [1.54, 1.807) is 12.1 Å². The molecule has 0 spiro atoms. The molecule has 0 atom stereocenters. The second-order valence-electron chi connectivity index (χ2n) is 6.00. The fraction of sp³-hybridized carbons (Fsp3) is 0.250. The summed E-state index contributed by atoms with van der Waals surface area (Å²) in [7, 11) is -3.93. The standard InChI is InChI=1S/C16H17N3O2S/c1-16(2,3)14-8-4-12(5-9-14)13-6-10-15(11-7-13)22(20,21)19-18-17/h4-11H,1-3H3. The summed E-state index contributed by atoms with van der Waals surface area (Å²) in [5, 5.41) is 0. The van der Waals surface area contributed by atoms with E-state index in [1.807, 2.05) is 12.1 Å². The summed E-state index contributed by atoms with van der Waals surface area (Å²) < 4.78 is 26.0. The molecule has 2 rings (SSSR count). The molecule has 114 valence electrons. The smallest absolute Gasteiger partial charge is 0.216 e. The average Bonchev–Trinajstić information content (AvgIpc) is 2.47. The fourth-order valence-corrected chi connectivity index (χ4v) is 2.75. The molecule has 0 unspecified atom stereocenters. The highest BCUT2D eigenvalue weighted by molar-refractivity contribution is 7.90. The molecule has 22 heavy (non-hydrogen) atoms. The van der Waals surface area contributed by atoms with Gasteiger partial charge in [0.15, 0.2) is 0 Å². The Hall–Kier alpha value is -2.30. The van der Waals surface area contributed by atoms with Gasteiger partial charge < -0.3 is 0 Å². The molecule has 0 heterocycles. The SMILES string of the molecule is CC(C)(C)c1ccc(-c2ccc(S(=O)(=O)N=[N+]=[N-])cc2)cc1. The predicted octanol–water partition coefficient (Wildman–Crippen LogP) is 4.65. The van der Waals surface area contributed by atoms with Gasteiger partial charge >= 0.3 is 0 Å². The lowest BCUT2D eigenvalue weighted by atomic mass is 9.86. The van der Waals surface area contributed by atoms with E-state index in [0.717, 1.165) is 11.1 Å². The van der Waals surface area contributed by atoms with Crippen LogP contribution in [0.4, 0.5) is 0 Å². The Morgan fingerprint density at radius 2 is 1.36 bits per heavy atom. The summed E-state index contributed by atoms with van der Waals surface area (Å²) in [6, 6.07) is 14.4. The third-order valence-electron chi connectivity index (χ3n) is 3.38. The minimum Gasteiger partial charge on any atom is -0.216 e. The Bertz CT molecular complexity index is 811. The Labute approximate surface area is 130 Å². The van der Waals surface area contributed by atoms with Crippen molar-refractivity contribution in [2.45, 2.75) is 31.1 Å². The van der Waals surface area contributed by atoms with E-state index in [-0.39, 0.29) is 10.3 Å². The third kappa shape index (κ3) is 3.47. The van der Waals surface area contributed by atoms with Crippen LogP contribution in [0, 0.1) is 0 Å². The first-order valence-electron chi connectivity index (χ1n) is 6.76. The molecule has 2 aromatic rings. The summed E-state index contributed by atoms with van der Waals surface area (Å²) in [6.07, 6.45) is 0. The van der Waals surface area contributed by atoms with E-state index >= 15 is 0 Å². The minimum absolute atomic E-state index is 0.0136. The highest BCUT2D eigenvalue weighted by atomic mass is 32.2. The highest BCUT2D eigenvalue weighted by Crippen LogP contribution is 2.27. The molecular weight excluding hydrogens is 298 g/mol. The molecule has 0 aliphatic heterocycles. The van der Waals surface area contributed by atoms with Gasteiger partial charge in [-0.3, -0.25) is 0 Å². The van der Waals surface area contributed by atoms with Crippen LogP contribution in [0.3, 0.4) is 0 Å². The van der Waals surface area contributed by atoms with Gasteiger partial charge in [-0.1, -0.05) is 57.2 Å². The zero-order chi connectivity index (χ0) is 16.4. The third-order valence-corrected chi connectivity index (χ3v) is 4.54. The molecule has 6 heteroatoms. The number of benzene rings is 2. The molecule has 0 amide bonds. The molecule has 0 saturated heterocycles. The van der Waals surface area contributed by atoms with Crippen LogP contribution in [-0.2, 0) is 15.4 Å². The molecule has 0 aliphatic carbocycles. The zero-order valence-corrected chi connectivity index (χ0v) is 13.5. The first-order chi connectivity index (χ1) is 10.2. The van der Waals surface area contributed by atoms with E-state index in [2.05, 4.69) is 42.3 Å². The summed E-state index contributed by atoms with van der Waals surface area (Å²) in [5.74, 6) is 0. The lowest BCUT2D eigenvalue weighted by Gasteiger charge is -2.19. The first kappa shape index (κ1) is 16.1. The second kappa shape index (κ2) is 5.83.